The Bertz CT molecular complexity index is 146. The van der Waals surface area contributed by atoms with E-state index in [0.717, 1.165) is 18.8 Å². The van der Waals surface area contributed by atoms with E-state index in [2.05, 4.69) is 13.8 Å². The molecule has 0 heterocycles. The molecule has 0 aliphatic rings. The van der Waals surface area contributed by atoms with Gasteiger partial charge in [0.25, 0.3) is 0 Å². The third-order valence-electron chi connectivity index (χ3n) is 2.11. The van der Waals surface area contributed by atoms with Crippen LogP contribution >= 0.6 is 0 Å². The molecule has 0 saturated carbocycles. The lowest BCUT2D eigenvalue weighted by Crippen LogP contribution is -2.29. The molecule has 3 N–H and O–H groups in total. The van der Waals surface area contributed by atoms with Gasteiger partial charge in [-0.1, -0.05) is 39.5 Å². The van der Waals surface area contributed by atoms with Crippen molar-refractivity contribution in [3.8, 4) is 0 Å². The fourth-order valence-electron chi connectivity index (χ4n) is 1.22. The standard InChI is InChI=1S/C10H21NO2/c1-8(2)6-4-3-5-7-9(11)10(12)13/h8-9H,3-7,11H2,1-2H3,(H,12,13). The van der Waals surface area contributed by atoms with Gasteiger partial charge in [-0.15, -0.1) is 0 Å². The normalized spacial score (nSPS) is 13.2. The molecule has 3 nitrogen and oxygen atoms in total. The maximum absolute atomic E-state index is 10.3. The van der Waals surface area contributed by atoms with Gasteiger partial charge in [0.15, 0.2) is 0 Å². The highest BCUT2D eigenvalue weighted by atomic mass is 16.4. The molecule has 0 aliphatic carbocycles. The number of aliphatic carboxylic acids is 1. The van der Waals surface area contributed by atoms with Crippen LogP contribution in [0.1, 0.15) is 46.0 Å². The van der Waals surface area contributed by atoms with Gasteiger partial charge in [-0.2, -0.15) is 0 Å². The molecule has 0 spiro atoms. The lowest BCUT2D eigenvalue weighted by Gasteiger charge is -2.06. The third-order valence-corrected chi connectivity index (χ3v) is 2.11. The number of unbranched alkanes of at least 4 members (excludes halogenated alkanes) is 2. The Morgan fingerprint density at radius 1 is 1.23 bits per heavy atom. The van der Waals surface area contributed by atoms with E-state index in [1.807, 2.05) is 0 Å². The zero-order valence-electron chi connectivity index (χ0n) is 8.62. The first kappa shape index (κ1) is 12.4. The van der Waals surface area contributed by atoms with Crippen molar-refractivity contribution in [2.75, 3.05) is 0 Å². The average Bonchev–Trinajstić information content (AvgIpc) is 2.02. The molecule has 3 heteroatoms. The third kappa shape index (κ3) is 7.78. The number of nitrogens with two attached hydrogens (primary N) is 1. The van der Waals surface area contributed by atoms with Gasteiger partial charge < -0.3 is 10.8 Å². The first-order chi connectivity index (χ1) is 6.04. The maximum atomic E-state index is 10.3. The van der Waals surface area contributed by atoms with Crippen LogP contribution in [0.3, 0.4) is 0 Å². The van der Waals surface area contributed by atoms with Gasteiger partial charge >= 0.3 is 5.97 Å². The molecular weight excluding hydrogens is 166 g/mol. The van der Waals surface area contributed by atoms with Crippen LogP contribution in [0.25, 0.3) is 0 Å². The summed E-state index contributed by atoms with van der Waals surface area (Å²) in [4.78, 5) is 10.3. The molecular formula is C10H21NO2. The van der Waals surface area contributed by atoms with Gasteiger partial charge in [-0.3, -0.25) is 4.79 Å². The predicted molar refractivity (Wildman–Crippen MR) is 53.5 cm³/mol. The molecule has 0 aromatic carbocycles. The van der Waals surface area contributed by atoms with E-state index >= 15 is 0 Å². The first-order valence-electron chi connectivity index (χ1n) is 5.02. The van der Waals surface area contributed by atoms with E-state index in [1.54, 1.807) is 0 Å². The zero-order valence-corrected chi connectivity index (χ0v) is 8.62. The summed E-state index contributed by atoms with van der Waals surface area (Å²) in [6.45, 7) is 4.39. The second-order valence-electron chi connectivity index (χ2n) is 3.98. The highest BCUT2D eigenvalue weighted by Gasteiger charge is 2.09. The van der Waals surface area contributed by atoms with Crippen molar-refractivity contribution >= 4 is 5.97 Å². The van der Waals surface area contributed by atoms with Crippen LogP contribution in [-0.4, -0.2) is 17.1 Å². The summed E-state index contributed by atoms with van der Waals surface area (Å²) in [7, 11) is 0. The minimum atomic E-state index is -0.885. The minimum absolute atomic E-state index is 0.605. The van der Waals surface area contributed by atoms with Crippen LogP contribution in [0, 0.1) is 5.92 Å². The molecule has 0 amide bonds. The predicted octanol–water partition coefficient (Wildman–Crippen LogP) is 2.00. The monoisotopic (exact) mass is 187 g/mol. The maximum Gasteiger partial charge on any atom is 0.320 e. The van der Waals surface area contributed by atoms with Gasteiger partial charge in [-0.05, 0) is 12.3 Å². The van der Waals surface area contributed by atoms with Crippen molar-refractivity contribution < 1.29 is 9.90 Å². The number of hydrogen-bond acceptors (Lipinski definition) is 2. The second-order valence-corrected chi connectivity index (χ2v) is 3.98. The van der Waals surface area contributed by atoms with E-state index in [-0.39, 0.29) is 0 Å². The molecule has 1 unspecified atom stereocenters. The van der Waals surface area contributed by atoms with Gasteiger partial charge in [0.2, 0.25) is 0 Å². The minimum Gasteiger partial charge on any atom is -0.480 e. The molecule has 0 aromatic heterocycles. The van der Waals surface area contributed by atoms with Crippen LogP contribution in [-0.2, 0) is 4.79 Å². The van der Waals surface area contributed by atoms with Gasteiger partial charge in [0.1, 0.15) is 6.04 Å². The smallest absolute Gasteiger partial charge is 0.320 e. The first-order valence-corrected chi connectivity index (χ1v) is 5.02. The molecule has 0 bridgehead atoms. The molecule has 0 radical (unpaired) electrons. The largest absolute Gasteiger partial charge is 0.480 e. The average molecular weight is 187 g/mol. The van der Waals surface area contributed by atoms with Gasteiger partial charge in [0.05, 0.1) is 0 Å². The number of rotatable bonds is 7. The summed E-state index contributed by atoms with van der Waals surface area (Å²) in [6.07, 6.45) is 5.04. The van der Waals surface area contributed by atoms with Crippen LogP contribution in [0.15, 0.2) is 0 Å². The molecule has 0 aromatic rings. The Morgan fingerprint density at radius 3 is 2.23 bits per heavy atom. The lowest BCUT2D eigenvalue weighted by atomic mass is 10.0. The number of carboxylic acid groups (broad SMARTS) is 1. The zero-order chi connectivity index (χ0) is 10.3. The highest BCUT2D eigenvalue weighted by Crippen LogP contribution is 2.10. The van der Waals surface area contributed by atoms with E-state index in [9.17, 15) is 4.79 Å². The van der Waals surface area contributed by atoms with Gasteiger partial charge in [0, 0.05) is 0 Å². The Hall–Kier alpha value is -0.570. The Kier molecular flexibility index (Phi) is 6.59. The summed E-state index contributed by atoms with van der Waals surface area (Å²) in [5.41, 5.74) is 5.36. The summed E-state index contributed by atoms with van der Waals surface area (Å²) in [5.74, 6) is -0.142. The molecule has 0 aliphatic heterocycles. The summed E-state index contributed by atoms with van der Waals surface area (Å²) in [5, 5.41) is 8.50. The van der Waals surface area contributed by atoms with Crippen LogP contribution in [0.2, 0.25) is 0 Å². The van der Waals surface area contributed by atoms with Crippen LogP contribution in [0.5, 0.6) is 0 Å². The lowest BCUT2D eigenvalue weighted by molar-refractivity contribution is -0.138. The Morgan fingerprint density at radius 2 is 1.77 bits per heavy atom. The van der Waals surface area contributed by atoms with Crippen molar-refractivity contribution in [1.29, 1.82) is 0 Å². The van der Waals surface area contributed by atoms with E-state index in [1.165, 1.54) is 12.8 Å². The number of hydrogen-bond donors (Lipinski definition) is 2. The number of carbonyl (C=O) groups is 1. The summed E-state index contributed by atoms with van der Waals surface area (Å²) in [6, 6.07) is -0.668. The molecule has 13 heavy (non-hydrogen) atoms. The van der Waals surface area contributed by atoms with Crippen molar-refractivity contribution in [3.63, 3.8) is 0 Å². The van der Waals surface area contributed by atoms with Crippen LogP contribution in [0.4, 0.5) is 0 Å². The highest BCUT2D eigenvalue weighted by molar-refractivity contribution is 5.72. The molecule has 0 saturated heterocycles. The molecule has 0 rings (SSSR count). The van der Waals surface area contributed by atoms with E-state index in [4.69, 9.17) is 10.8 Å². The summed E-state index contributed by atoms with van der Waals surface area (Å²) < 4.78 is 0. The van der Waals surface area contributed by atoms with E-state index < -0.39 is 12.0 Å². The number of carboxylic acids is 1. The van der Waals surface area contributed by atoms with Crippen molar-refractivity contribution in [2.24, 2.45) is 11.7 Å². The molecule has 78 valence electrons. The van der Waals surface area contributed by atoms with Crippen molar-refractivity contribution in [2.45, 2.75) is 52.0 Å². The Labute approximate surface area is 80.3 Å². The fourth-order valence-corrected chi connectivity index (χ4v) is 1.22. The van der Waals surface area contributed by atoms with Gasteiger partial charge in [-0.25, -0.2) is 0 Å². The fraction of sp³-hybridized carbons (Fsp3) is 0.900. The van der Waals surface area contributed by atoms with Crippen molar-refractivity contribution in [1.82, 2.24) is 0 Å². The summed E-state index contributed by atoms with van der Waals surface area (Å²) >= 11 is 0. The second kappa shape index (κ2) is 6.89. The molecule has 1 atom stereocenters. The van der Waals surface area contributed by atoms with Crippen LogP contribution < -0.4 is 5.73 Å². The topological polar surface area (TPSA) is 63.3 Å². The Balaban J connectivity index is 3.21. The van der Waals surface area contributed by atoms with Crippen molar-refractivity contribution in [3.05, 3.63) is 0 Å². The van der Waals surface area contributed by atoms with E-state index in [0.29, 0.717) is 6.42 Å². The molecule has 0 fully saturated rings. The quantitative estimate of drug-likeness (QED) is 0.599. The SMILES string of the molecule is CC(C)CCCCCC(N)C(=O)O.